The van der Waals surface area contributed by atoms with Crippen molar-refractivity contribution < 1.29 is 19.1 Å². The molecule has 4 rings (SSSR count). The highest BCUT2D eigenvalue weighted by Gasteiger charge is 2.45. The van der Waals surface area contributed by atoms with Crippen molar-refractivity contribution in [2.24, 2.45) is 5.92 Å². The topological polar surface area (TPSA) is 72.0 Å². The molecule has 0 N–H and O–H groups in total. The van der Waals surface area contributed by atoms with Crippen molar-refractivity contribution in [3.63, 3.8) is 0 Å². The van der Waals surface area contributed by atoms with Gasteiger partial charge in [-0.2, -0.15) is 0 Å². The Balaban J connectivity index is 1.50. The molecule has 0 aromatic carbocycles. The number of pyridine rings is 1. The molecule has 1 atom stereocenters. The zero-order valence-corrected chi connectivity index (χ0v) is 14.2. The number of nitrogens with zero attached hydrogens (tertiary/aromatic N) is 3. The van der Waals surface area contributed by atoms with Crippen LogP contribution in [0.4, 0.5) is 0 Å². The first-order valence-electron chi connectivity index (χ1n) is 8.93. The molecule has 0 bridgehead atoms. The molecule has 7 nitrogen and oxygen atoms in total. The molecule has 1 aromatic rings. The van der Waals surface area contributed by atoms with Gasteiger partial charge in [-0.1, -0.05) is 0 Å². The van der Waals surface area contributed by atoms with Gasteiger partial charge >= 0.3 is 0 Å². The minimum atomic E-state index is -0.919. The van der Waals surface area contributed by atoms with Crippen LogP contribution >= 0.6 is 0 Å². The van der Waals surface area contributed by atoms with E-state index in [1.807, 2.05) is 4.90 Å². The first-order valence-corrected chi connectivity index (χ1v) is 8.93. The lowest BCUT2D eigenvalue weighted by atomic mass is 10.1. The highest BCUT2D eigenvalue weighted by atomic mass is 16.7. The molecule has 2 aliphatic heterocycles. The zero-order chi connectivity index (χ0) is 17.3. The van der Waals surface area contributed by atoms with Gasteiger partial charge in [0.1, 0.15) is 0 Å². The van der Waals surface area contributed by atoms with Crippen molar-refractivity contribution in [3.8, 4) is 0 Å². The molecular formula is C18H23N3O4. The number of rotatable bonds is 2. The summed E-state index contributed by atoms with van der Waals surface area (Å²) in [4.78, 5) is 32.9. The highest BCUT2D eigenvalue weighted by Crippen LogP contribution is 2.33. The van der Waals surface area contributed by atoms with Gasteiger partial charge in [0.25, 0.3) is 5.91 Å². The summed E-state index contributed by atoms with van der Waals surface area (Å²) in [5.41, 5.74) is 0.555. The fourth-order valence-electron chi connectivity index (χ4n) is 3.49. The third kappa shape index (κ3) is 3.52. The molecule has 2 amide bonds. The molecule has 3 heterocycles. The normalized spacial score (nSPS) is 27.2. The van der Waals surface area contributed by atoms with Crippen LogP contribution in [0.25, 0.3) is 0 Å². The quantitative estimate of drug-likeness (QED) is 0.797. The number of hydrogen-bond acceptors (Lipinski definition) is 5. The van der Waals surface area contributed by atoms with Crippen LogP contribution in [0, 0.1) is 5.92 Å². The summed E-state index contributed by atoms with van der Waals surface area (Å²) in [6.07, 6.45) is 5.97. The summed E-state index contributed by atoms with van der Waals surface area (Å²) < 4.78 is 12.0. The molecule has 7 heteroatoms. The molecule has 1 aliphatic carbocycles. The van der Waals surface area contributed by atoms with Crippen LogP contribution in [-0.4, -0.2) is 71.8 Å². The number of ether oxygens (including phenoxy) is 2. The van der Waals surface area contributed by atoms with E-state index in [9.17, 15) is 9.59 Å². The van der Waals surface area contributed by atoms with Gasteiger partial charge in [0.15, 0.2) is 0 Å². The molecule has 1 aromatic heterocycles. The van der Waals surface area contributed by atoms with Gasteiger partial charge < -0.3 is 19.3 Å². The third-order valence-electron chi connectivity index (χ3n) is 4.96. The number of carbonyl (C=O) groups is 2. The van der Waals surface area contributed by atoms with Crippen LogP contribution in [0.5, 0.6) is 0 Å². The summed E-state index contributed by atoms with van der Waals surface area (Å²) in [6, 6.07) is 3.51. The van der Waals surface area contributed by atoms with Crippen LogP contribution in [0.1, 0.15) is 29.6 Å². The fraction of sp³-hybridized carbons (Fsp3) is 0.611. The van der Waals surface area contributed by atoms with Gasteiger partial charge in [0, 0.05) is 31.4 Å². The van der Waals surface area contributed by atoms with E-state index in [0.717, 1.165) is 19.3 Å². The lowest BCUT2D eigenvalue weighted by Crippen LogP contribution is -2.59. The largest absolute Gasteiger partial charge is 0.347 e. The van der Waals surface area contributed by atoms with Crippen molar-refractivity contribution in [2.75, 3.05) is 39.4 Å². The summed E-state index contributed by atoms with van der Waals surface area (Å²) in [5, 5.41) is 0. The second kappa shape index (κ2) is 6.72. The lowest BCUT2D eigenvalue weighted by molar-refractivity contribution is -0.260. The molecule has 25 heavy (non-hydrogen) atoms. The van der Waals surface area contributed by atoms with Crippen LogP contribution in [0.2, 0.25) is 0 Å². The van der Waals surface area contributed by atoms with Gasteiger partial charge in [-0.3, -0.25) is 14.6 Å². The van der Waals surface area contributed by atoms with E-state index in [1.165, 1.54) is 0 Å². The Morgan fingerprint density at radius 1 is 1.12 bits per heavy atom. The molecule has 3 fully saturated rings. The predicted molar refractivity (Wildman–Crippen MR) is 88.7 cm³/mol. The summed E-state index contributed by atoms with van der Waals surface area (Å²) in [6.45, 7) is 2.85. The number of amides is 2. The van der Waals surface area contributed by atoms with Crippen LogP contribution in [-0.2, 0) is 14.3 Å². The van der Waals surface area contributed by atoms with Gasteiger partial charge in [0.05, 0.1) is 31.9 Å². The van der Waals surface area contributed by atoms with Gasteiger partial charge in [-0.05, 0) is 31.4 Å². The number of hydrogen-bond donors (Lipinski definition) is 0. The van der Waals surface area contributed by atoms with Crippen LogP contribution in [0.15, 0.2) is 24.5 Å². The Morgan fingerprint density at radius 3 is 2.68 bits per heavy atom. The van der Waals surface area contributed by atoms with E-state index in [-0.39, 0.29) is 17.7 Å². The summed E-state index contributed by atoms with van der Waals surface area (Å²) in [7, 11) is 0. The minimum Gasteiger partial charge on any atom is -0.347 e. The van der Waals surface area contributed by atoms with Gasteiger partial charge in [0.2, 0.25) is 11.7 Å². The van der Waals surface area contributed by atoms with E-state index in [1.54, 1.807) is 29.4 Å². The number of aromatic nitrogens is 1. The van der Waals surface area contributed by atoms with E-state index in [2.05, 4.69) is 4.98 Å². The molecule has 1 saturated carbocycles. The van der Waals surface area contributed by atoms with E-state index in [4.69, 9.17) is 9.47 Å². The first kappa shape index (κ1) is 16.5. The predicted octanol–water partition coefficient (Wildman–Crippen LogP) is 0.909. The lowest BCUT2D eigenvalue weighted by Gasteiger charge is -2.43. The van der Waals surface area contributed by atoms with Gasteiger partial charge in [-0.15, -0.1) is 0 Å². The maximum absolute atomic E-state index is 12.7. The Hall–Kier alpha value is -1.99. The van der Waals surface area contributed by atoms with Crippen molar-refractivity contribution in [3.05, 3.63) is 30.1 Å². The standard InChI is InChI=1S/C18H23N3O4/c22-16(14-4-5-14)20-7-2-9-24-18(12-20)13-21(8-10-25-18)17(23)15-3-1-6-19-11-15/h1,3,6,11,14H,2,4-5,7-10,12-13H2. The Morgan fingerprint density at radius 2 is 1.92 bits per heavy atom. The average molecular weight is 345 g/mol. The maximum Gasteiger partial charge on any atom is 0.255 e. The van der Waals surface area contributed by atoms with E-state index < -0.39 is 5.79 Å². The second-order valence-electron chi connectivity index (χ2n) is 6.96. The minimum absolute atomic E-state index is 0.0799. The Kier molecular flexibility index (Phi) is 4.43. The molecule has 2 saturated heterocycles. The molecule has 134 valence electrons. The molecule has 3 aliphatic rings. The fourth-order valence-corrected chi connectivity index (χ4v) is 3.49. The molecular weight excluding hydrogens is 322 g/mol. The molecule has 1 unspecified atom stereocenters. The first-order chi connectivity index (χ1) is 12.2. The van der Waals surface area contributed by atoms with Crippen LogP contribution in [0.3, 0.4) is 0 Å². The van der Waals surface area contributed by atoms with Crippen molar-refractivity contribution in [1.82, 2.24) is 14.8 Å². The van der Waals surface area contributed by atoms with E-state index in [0.29, 0.717) is 45.0 Å². The summed E-state index contributed by atoms with van der Waals surface area (Å²) >= 11 is 0. The van der Waals surface area contributed by atoms with Crippen molar-refractivity contribution in [1.29, 1.82) is 0 Å². The van der Waals surface area contributed by atoms with Gasteiger partial charge in [-0.25, -0.2) is 0 Å². The van der Waals surface area contributed by atoms with Crippen molar-refractivity contribution in [2.45, 2.75) is 25.0 Å². The number of carbonyl (C=O) groups excluding carboxylic acids is 2. The Bertz CT molecular complexity index is 649. The second-order valence-corrected chi connectivity index (χ2v) is 6.96. The Labute approximate surface area is 146 Å². The maximum atomic E-state index is 12.7. The smallest absolute Gasteiger partial charge is 0.255 e. The average Bonchev–Trinajstić information content (AvgIpc) is 3.49. The molecule has 0 radical (unpaired) electrons. The van der Waals surface area contributed by atoms with Crippen molar-refractivity contribution >= 4 is 11.8 Å². The highest BCUT2D eigenvalue weighted by molar-refractivity contribution is 5.94. The van der Waals surface area contributed by atoms with E-state index >= 15 is 0 Å². The third-order valence-corrected chi connectivity index (χ3v) is 4.96. The summed E-state index contributed by atoms with van der Waals surface area (Å²) in [5.74, 6) is -0.628. The number of morpholine rings is 1. The zero-order valence-electron chi connectivity index (χ0n) is 14.2. The SMILES string of the molecule is O=C(c1cccnc1)N1CCOC2(C1)CN(C(=O)C1CC1)CCCO2. The van der Waals surface area contributed by atoms with Crippen LogP contribution < -0.4 is 0 Å². The monoisotopic (exact) mass is 345 g/mol. The molecule has 1 spiro atoms.